The zero-order valence-corrected chi connectivity index (χ0v) is 11.3. The number of thioether (sulfide) groups is 1. The number of aliphatic carboxylic acids is 1. The molecule has 17 heavy (non-hydrogen) atoms. The molecule has 1 aromatic rings. The van der Waals surface area contributed by atoms with Crippen molar-refractivity contribution in [2.75, 3.05) is 5.75 Å². The number of carboxylic acids is 1. The normalized spacial score (nSPS) is 12.6. The van der Waals surface area contributed by atoms with E-state index in [1.165, 1.54) is 11.8 Å². The molecular weight excluding hydrogens is 238 g/mol. The minimum atomic E-state index is -0.830. The van der Waals surface area contributed by atoms with Crippen molar-refractivity contribution in [3.63, 3.8) is 0 Å². The molecule has 6 heteroatoms. The van der Waals surface area contributed by atoms with Crippen LogP contribution in [0, 0.1) is 5.92 Å². The minimum absolute atomic E-state index is 0.0292. The molecule has 0 radical (unpaired) electrons. The van der Waals surface area contributed by atoms with E-state index in [2.05, 4.69) is 24.0 Å². The maximum absolute atomic E-state index is 10.5. The van der Waals surface area contributed by atoms with E-state index in [-0.39, 0.29) is 5.75 Å². The lowest BCUT2D eigenvalue weighted by molar-refractivity contribution is -0.133. The van der Waals surface area contributed by atoms with E-state index >= 15 is 0 Å². The second-order valence-corrected chi connectivity index (χ2v) is 4.99. The Balaban J connectivity index is 2.76. The minimum Gasteiger partial charge on any atom is -0.481 e. The summed E-state index contributed by atoms with van der Waals surface area (Å²) in [4.78, 5) is 10.5. The van der Waals surface area contributed by atoms with Gasteiger partial charge in [-0.3, -0.25) is 4.79 Å². The molecular formula is C11H19N3O2S. The fraction of sp³-hybridized carbons (Fsp3) is 0.727. The van der Waals surface area contributed by atoms with Crippen molar-refractivity contribution in [2.45, 2.75) is 45.3 Å². The number of hydrogen-bond donors (Lipinski definition) is 1. The molecule has 1 atom stereocenters. The standard InChI is InChI=1S/C11H19N3O2S/c1-4-8(3)6-9-12-13-11(14(9)5-2)17-7-10(15)16/h8H,4-7H2,1-3H3,(H,15,16). The van der Waals surface area contributed by atoms with Gasteiger partial charge in [-0.15, -0.1) is 10.2 Å². The molecule has 1 N–H and O–H groups in total. The van der Waals surface area contributed by atoms with E-state index in [0.29, 0.717) is 11.1 Å². The van der Waals surface area contributed by atoms with Crippen LogP contribution in [-0.4, -0.2) is 31.6 Å². The highest BCUT2D eigenvalue weighted by Gasteiger charge is 2.14. The summed E-state index contributed by atoms with van der Waals surface area (Å²) in [6.07, 6.45) is 2.00. The van der Waals surface area contributed by atoms with Crippen LogP contribution in [0.5, 0.6) is 0 Å². The predicted octanol–water partition coefficient (Wildman–Crippen LogP) is 2.06. The highest BCUT2D eigenvalue weighted by atomic mass is 32.2. The molecule has 1 heterocycles. The van der Waals surface area contributed by atoms with Gasteiger partial charge in [0.15, 0.2) is 5.16 Å². The third kappa shape index (κ3) is 4.03. The van der Waals surface area contributed by atoms with Gasteiger partial charge in [-0.2, -0.15) is 0 Å². The quantitative estimate of drug-likeness (QED) is 0.757. The van der Waals surface area contributed by atoms with Crippen molar-refractivity contribution >= 4 is 17.7 Å². The van der Waals surface area contributed by atoms with Crippen LogP contribution >= 0.6 is 11.8 Å². The van der Waals surface area contributed by atoms with Crippen molar-refractivity contribution in [3.8, 4) is 0 Å². The van der Waals surface area contributed by atoms with Crippen molar-refractivity contribution < 1.29 is 9.90 Å². The van der Waals surface area contributed by atoms with Crippen LogP contribution < -0.4 is 0 Å². The summed E-state index contributed by atoms with van der Waals surface area (Å²) in [7, 11) is 0. The first-order valence-corrected chi connectivity index (χ1v) is 6.83. The molecule has 1 aromatic heterocycles. The van der Waals surface area contributed by atoms with Crippen LogP contribution in [-0.2, 0) is 17.8 Å². The Bertz CT molecular complexity index is 379. The summed E-state index contributed by atoms with van der Waals surface area (Å²) in [5.41, 5.74) is 0. The van der Waals surface area contributed by atoms with Gasteiger partial charge in [-0.1, -0.05) is 32.0 Å². The SMILES string of the molecule is CCC(C)Cc1nnc(SCC(=O)O)n1CC. The maximum Gasteiger partial charge on any atom is 0.313 e. The molecule has 0 saturated carbocycles. The fourth-order valence-corrected chi connectivity index (χ4v) is 2.22. The Hall–Kier alpha value is -1.04. The molecule has 96 valence electrons. The first-order chi connectivity index (χ1) is 8.08. The molecule has 0 aliphatic heterocycles. The van der Waals surface area contributed by atoms with Gasteiger partial charge in [0.25, 0.3) is 0 Å². The highest BCUT2D eigenvalue weighted by molar-refractivity contribution is 7.99. The fourth-order valence-electron chi connectivity index (χ4n) is 1.48. The molecule has 1 rings (SSSR count). The highest BCUT2D eigenvalue weighted by Crippen LogP contribution is 2.19. The van der Waals surface area contributed by atoms with Gasteiger partial charge < -0.3 is 9.67 Å². The number of carboxylic acid groups (broad SMARTS) is 1. The molecule has 0 aromatic carbocycles. The van der Waals surface area contributed by atoms with Crippen molar-refractivity contribution in [1.82, 2.24) is 14.8 Å². The topological polar surface area (TPSA) is 68.0 Å². The molecule has 1 unspecified atom stereocenters. The largest absolute Gasteiger partial charge is 0.481 e. The first-order valence-electron chi connectivity index (χ1n) is 5.85. The Kier molecular flexibility index (Phi) is 5.47. The Morgan fingerprint density at radius 2 is 2.18 bits per heavy atom. The van der Waals surface area contributed by atoms with Gasteiger partial charge in [-0.05, 0) is 12.8 Å². The van der Waals surface area contributed by atoms with Crippen LogP contribution in [0.1, 0.15) is 33.0 Å². The van der Waals surface area contributed by atoms with Crippen LogP contribution in [0.2, 0.25) is 0 Å². The van der Waals surface area contributed by atoms with Crippen LogP contribution in [0.25, 0.3) is 0 Å². The summed E-state index contributed by atoms with van der Waals surface area (Å²) in [5.74, 6) is 0.724. The molecule has 0 bridgehead atoms. The predicted molar refractivity (Wildman–Crippen MR) is 67.2 cm³/mol. The second-order valence-electron chi connectivity index (χ2n) is 4.04. The van der Waals surface area contributed by atoms with Gasteiger partial charge >= 0.3 is 5.97 Å². The lowest BCUT2D eigenvalue weighted by Gasteiger charge is -2.09. The smallest absolute Gasteiger partial charge is 0.313 e. The van der Waals surface area contributed by atoms with Crippen LogP contribution in [0.4, 0.5) is 0 Å². The molecule has 0 fully saturated rings. The molecule has 0 aliphatic carbocycles. The third-order valence-corrected chi connectivity index (χ3v) is 3.61. The first kappa shape index (κ1) is 14.0. The van der Waals surface area contributed by atoms with Crippen molar-refractivity contribution in [3.05, 3.63) is 5.82 Å². The van der Waals surface area contributed by atoms with Gasteiger partial charge in [-0.25, -0.2) is 0 Å². The maximum atomic E-state index is 10.5. The zero-order valence-electron chi connectivity index (χ0n) is 10.5. The lowest BCUT2D eigenvalue weighted by atomic mass is 10.1. The summed E-state index contributed by atoms with van der Waals surface area (Å²) < 4.78 is 2.00. The summed E-state index contributed by atoms with van der Waals surface area (Å²) in [6.45, 7) is 7.13. The van der Waals surface area contributed by atoms with E-state index in [1.807, 2.05) is 11.5 Å². The Labute approximate surface area is 106 Å². The summed E-state index contributed by atoms with van der Waals surface area (Å²) >= 11 is 1.23. The Morgan fingerprint density at radius 3 is 2.71 bits per heavy atom. The molecule has 0 amide bonds. The van der Waals surface area contributed by atoms with Crippen molar-refractivity contribution in [1.29, 1.82) is 0 Å². The van der Waals surface area contributed by atoms with Gasteiger partial charge in [0.05, 0.1) is 5.75 Å². The lowest BCUT2D eigenvalue weighted by Crippen LogP contribution is -2.08. The average Bonchev–Trinajstić information content (AvgIpc) is 2.68. The number of rotatable bonds is 7. The number of aromatic nitrogens is 3. The van der Waals surface area contributed by atoms with E-state index in [0.717, 1.165) is 25.2 Å². The Morgan fingerprint density at radius 1 is 1.47 bits per heavy atom. The summed E-state index contributed by atoms with van der Waals surface area (Å²) in [5, 5.41) is 17.6. The van der Waals surface area contributed by atoms with Crippen LogP contribution in [0.3, 0.4) is 0 Å². The summed E-state index contributed by atoms with van der Waals surface area (Å²) in [6, 6.07) is 0. The average molecular weight is 257 g/mol. The van der Waals surface area contributed by atoms with E-state index < -0.39 is 5.97 Å². The van der Waals surface area contributed by atoms with Gasteiger partial charge in [0.1, 0.15) is 5.82 Å². The third-order valence-electron chi connectivity index (χ3n) is 2.66. The van der Waals surface area contributed by atoms with Crippen LogP contribution in [0.15, 0.2) is 5.16 Å². The molecule has 0 aliphatic rings. The van der Waals surface area contributed by atoms with Gasteiger partial charge in [0.2, 0.25) is 0 Å². The van der Waals surface area contributed by atoms with E-state index in [4.69, 9.17) is 5.11 Å². The molecule has 0 spiro atoms. The monoisotopic (exact) mass is 257 g/mol. The van der Waals surface area contributed by atoms with Crippen molar-refractivity contribution in [2.24, 2.45) is 5.92 Å². The van der Waals surface area contributed by atoms with E-state index in [9.17, 15) is 4.79 Å². The van der Waals surface area contributed by atoms with E-state index in [1.54, 1.807) is 0 Å². The number of hydrogen-bond acceptors (Lipinski definition) is 4. The second kappa shape index (κ2) is 6.64. The molecule has 0 saturated heterocycles. The number of nitrogens with zero attached hydrogens (tertiary/aromatic N) is 3. The molecule has 5 nitrogen and oxygen atoms in total. The zero-order chi connectivity index (χ0) is 12.8. The van der Waals surface area contributed by atoms with Gasteiger partial charge in [0, 0.05) is 13.0 Å². The number of carbonyl (C=O) groups is 1.